The molecular weight excluding hydrogens is 336 g/mol. The fourth-order valence-corrected chi connectivity index (χ4v) is 2.29. The van der Waals surface area contributed by atoms with E-state index in [2.05, 4.69) is 21.2 Å². The molecule has 6 heteroatoms. The third kappa shape index (κ3) is 3.61. The number of anilines is 1. The van der Waals surface area contributed by atoms with E-state index in [4.69, 9.17) is 5.73 Å². The summed E-state index contributed by atoms with van der Waals surface area (Å²) < 4.78 is 0.548. The molecule has 0 fully saturated rings. The van der Waals surface area contributed by atoms with Crippen molar-refractivity contribution in [2.24, 2.45) is 0 Å². The number of carbonyl (C=O) groups excluding carboxylic acids is 1. The van der Waals surface area contributed by atoms with Crippen LogP contribution >= 0.6 is 15.9 Å². The first-order valence-corrected chi connectivity index (χ1v) is 6.92. The summed E-state index contributed by atoms with van der Waals surface area (Å²) >= 11 is 3.25. The number of benzene rings is 2. The first-order valence-electron chi connectivity index (χ1n) is 6.12. The molecule has 2 rings (SSSR count). The van der Waals surface area contributed by atoms with Crippen LogP contribution in [-0.2, 0) is 4.79 Å². The van der Waals surface area contributed by atoms with Crippen LogP contribution in [-0.4, -0.2) is 17.0 Å². The van der Waals surface area contributed by atoms with Crippen LogP contribution < -0.4 is 11.1 Å². The molecule has 108 valence electrons. The van der Waals surface area contributed by atoms with Crippen LogP contribution in [0.25, 0.3) is 0 Å². The van der Waals surface area contributed by atoms with E-state index < -0.39 is 17.9 Å². The largest absolute Gasteiger partial charge is 0.479 e. The minimum atomic E-state index is -1.13. The molecule has 21 heavy (non-hydrogen) atoms. The molecule has 2 aromatic rings. The molecule has 0 aromatic heterocycles. The lowest BCUT2D eigenvalue weighted by Gasteiger charge is -2.15. The second-order valence-electron chi connectivity index (χ2n) is 4.39. The molecule has 0 saturated heterocycles. The van der Waals surface area contributed by atoms with Crippen LogP contribution in [0.5, 0.6) is 0 Å². The lowest BCUT2D eigenvalue weighted by molar-refractivity contribution is -0.139. The van der Waals surface area contributed by atoms with Gasteiger partial charge in [-0.2, -0.15) is 0 Å². The van der Waals surface area contributed by atoms with Gasteiger partial charge in [-0.1, -0.05) is 30.3 Å². The van der Waals surface area contributed by atoms with E-state index >= 15 is 0 Å². The molecule has 1 amide bonds. The average molecular weight is 349 g/mol. The highest BCUT2D eigenvalue weighted by Crippen LogP contribution is 2.21. The van der Waals surface area contributed by atoms with E-state index in [9.17, 15) is 14.7 Å². The van der Waals surface area contributed by atoms with Crippen molar-refractivity contribution < 1.29 is 14.7 Å². The minimum absolute atomic E-state index is 0.289. The average Bonchev–Trinajstić information content (AvgIpc) is 2.47. The van der Waals surface area contributed by atoms with Crippen LogP contribution in [0.3, 0.4) is 0 Å². The molecule has 0 saturated carbocycles. The maximum absolute atomic E-state index is 12.2. The fraction of sp³-hybridized carbons (Fsp3) is 0.0667. The summed E-state index contributed by atoms with van der Waals surface area (Å²) in [6, 6.07) is 12.2. The lowest BCUT2D eigenvalue weighted by atomic mass is 10.1. The third-order valence-corrected chi connectivity index (χ3v) is 3.58. The second kappa shape index (κ2) is 6.41. The van der Waals surface area contributed by atoms with Crippen LogP contribution in [0.1, 0.15) is 22.0 Å². The number of nitrogen functional groups attached to an aromatic ring is 1. The van der Waals surface area contributed by atoms with Crippen molar-refractivity contribution in [1.82, 2.24) is 5.32 Å². The van der Waals surface area contributed by atoms with Crippen LogP contribution in [0, 0.1) is 0 Å². The number of nitrogens with two attached hydrogens (primary N) is 1. The van der Waals surface area contributed by atoms with Crippen LogP contribution in [0.2, 0.25) is 0 Å². The maximum Gasteiger partial charge on any atom is 0.330 e. The zero-order valence-corrected chi connectivity index (χ0v) is 12.5. The minimum Gasteiger partial charge on any atom is -0.479 e. The smallest absolute Gasteiger partial charge is 0.330 e. The monoisotopic (exact) mass is 348 g/mol. The van der Waals surface area contributed by atoms with Gasteiger partial charge in [0.15, 0.2) is 6.04 Å². The van der Waals surface area contributed by atoms with Gasteiger partial charge >= 0.3 is 5.97 Å². The van der Waals surface area contributed by atoms with Gasteiger partial charge in [-0.25, -0.2) is 4.79 Å². The summed E-state index contributed by atoms with van der Waals surface area (Å²) in [6.07, 6.45) is 0. The van der Waals surface area contributed by atoms with E-state index in [0.29, 0.717) is 15.7 Å². The molecule has 0 heterocycles. The molecule has 4 N–H and O–H groups in total. The highest BCUT2D eigenvalue weighted by atomic mass is 79.9. The Morgan fingerprint density at radius 3 is 2.43 bits per heavy atom. The van der Waals surface area contributed by atoms with E-state index in [-0.39, 0.29) is 5.56 Å². The highest BCUT2D eigenvalue weighted by Gasteiger charge is 2.23. The summed E-state index contributed by atoms with van der Waals surface area (Å²) in [6.45, 7) is 0. The van der Waals surface area contributed by atoms with Crippen molar-refractivity contribution in [3.63, 3.8) is 0 Å². The van der Waals surface area contributed by atoms with Crippen molar-refractivity contribution in [3.05, 3.63) is 64.1 Å². The second-order valence-corrected chi connectivity index (χ2v) is 5.25. The summed E-state index contributed by atoms with van der Waals surface area (Å²) in [5.74, 6) is -1.64. The first-order chi connectivity index (χ1) is 9.99. The summed E-state index contributed by atoms with van der Waals surface area (Å²) in [5.41, 5.74) is 6.86. The quantitative estimate of drug-likeness (QED) is 0.740. The van der Waals surface area contributed by atoms with Crippen molar-refractivity contribution in [1.29, 1.82) is 0 Å². The van der Waals surface area contributed by atoms with E-state index in [1.807, 2.05) is 0 Å². The number of halogens is 1. The molecule has 0 aliphatic heterocycles. The number of carboxylic acid groups (broad SMARTS) is 1. The molecule has 0 radical (unpaired) electrons. The Morgan fingerprint density at radius 2 is 1.81 bits per heavy atom. The zero-order chi connectivity index (χ0) is 15.4. The fourth-order valence-electron chi connectivity index (χ4n) is 1.86. The number of hydrogen-bond acceptors (Lipinski definition) is 3. The molecular formula is C15H13BrN2O3. The van der Waals surface area contributed by atoms with Gasteiger partial charge in [0.05, 0.1) is 5.56 Å². The van der Waals surface area contributed by atoms with Gasteiger partial charge in [0, 0.05) is 10.2 Å². The highest BCUT2D eigenvalue weighted by molar-refractivity contribution is 9.10. The molecule has 5 nitrogen and oxygen atoms in total. The van der Waals surface area contributed by atoms with Gasteiger partial charge < -0.3 is 16.2 Å². The zero-order valence-electron chi connectivity index (χ0n) is 10.9. The summed E-state index contributed by atoms with van der Waals surface area (Å²) in [5, 5.41) is 11.8. The van der Waals surface area contributed by atoms with Crippen molar-refractivity contribution in [3.8, 4) is 0 Å². The van der Waals surface area contributed by atoms with E-state index in [1.165, 1.54) is 6.07 Å². The Morgan fingerprint density at radius 1 is 1.14 bits per heavy atom. The van der Waals surface area contributed by atoms with Gasteiger partial charge in [-0.15, -0.1) is 0 Å². The Kier molecular flexibility index (Phi) is 4.59. The molecule has 2 aromatic carbocycles. The van der Waals surface area contributed by atoms with Crippen molar-refractivity contribution in [2.75, 3.05) is 5.73 Å². The normalized spacial score (nSPS) is 11.7. The predicted octanol–water partition coefficient (Wildman–Crippen LogP) is 2.59. The molecule has 0 unspecified atom stereocenters. The number of carbonyl (C=O) groups is 2. The SMILES string of the molecule is Nc1ccc(Br)c(C(=O)N[C@H](C(=O)O)c2ccccc2)c1. The number of carboxylic acids is 1. The number of nitrogens with one attached hydrogen (secondary N) is 1. The number of rotatable bonds is 4. The molecule has 0 aliphatic carbocycles. The number of amides is 1. The standard InChI is InChI=1S/C15H13BrN2O3/c16-12-7-6-10(17)8-11(12)14(19)18-13(15(20)21)9-4-2-1-3-5-9/h1-8,13H,17H2,(H,18,19)(H,20,21)/t13-/m0/s1. The Hall–Kier alpha value is -2.34. The number of hydrogen-bond donors (Lipinski definition) is 3. The summed E-state index contributed by atoms with van der Waals surface area (Å²) in [7, 11) is 0. The van der Waals surface area contributed by atoms with E-state index in [0.717, 1.165) is 0 Å². The van der Waals surface area contributed by atoms with Gasteiger partial charge in [0.25, 0.3) is 5.91 Å². The topological polar surface area (TPSA) is 92.4 Å². The Labute approximate surface area is 129 Å². The van der Waals surface area contributed by atoms with Gasteiger partial charge in [0.1, 0.15) is 0 Å². The number of aliphatic carboxylic acids is 1. The van der Waals surface area contributed by atoms with Crippen LogP contribution in [0.4, 0.5) is 5.69 Å². The van der Waals surface area contributed by atoms with Gasteiger partial charge in [-0.3, -0.25) is 4.79 Å². The van der Waals surface area contributed by atoms with Crippen LogP contribution in [0.15, 0.2) is 53.0 Å². The van der Waals surface area contributed by atoms with E-state index in [1.54, 1.807) is 42.5 Å². The Bertz CT molecular complexity index is 674. The molecule has 0 bridgehead atoms. The summed E-state index contributed by atoms with van der Waals surface area (Å²) in [4.78, 5) is 23.6. The third-order valence-electron chi connectivity index (χ3n) is 2.89. The van der Waals surface area contributed by atoms with Crippen molar-refractivity contribution in [2.45, 2.75) is 6.04 Å². The molecule has 1 atom stereocenters. The molecule has 0 aliphatic rings. The maximum atomic E-state index is 12.2. The first kappa shape index (κ1) is 15.1. The van der Waals surface area contributed by atoms with Gasteiger partial charge in [0.2, 0.25) is 0 Å². The Balaban J connectivity index is 2.27. The lowest BCUT2D eigenvalue weighted by Crippen LogP contribution is -2.33. The van der Waals surface area contributed by atoms with Gasteiger partial charge in [-0.05, 0) is 39.7 Å². The predicted molar refractivity (Wildman–Crippen MR) is 82.8 cm³/mol. The van der Waals surface area contributed by atoms with Crippen molar-refractivity contribution >= 4 is 33.5 Å². The molecule has 0 spiro atoms.